The largest absolute Gasteiger partial charge is 0.395 e. The van der Waals surface area contributed by atoms with Crippen LogP contribution in [-0.4, -0.2) is 14.5 Å². The predicted octanol–water partition coefficient (Wildman–Crippen LogP) is 2.38. The minimum absolute atomic E-state index is 0.227. The Hall–Kier alpha value is -1.44. The van der Waals surface area contributed by atoms with Gasteiger partial charge in [0, 0.05) is 6.04 Å². The summed E-state index contributed by atoms with van der Waals surface area (Å²) in [5.41, 5.74) is 6.18. The van der Waals surface area contributed by atoms with Gasteiger partial charge in [0.1, 0.15) is 10.7 Å². The second kappa shape index (κ2) is 5.90. The lowest BCUT2D eigenvalue weighted by molar-refractivity contribution is 0.558. The zero-order chi connectivity index (χ0) is 14.8. The molecule has 1 heterocycles. The van der Waals surface area contributed by atoms with Gasteiger partial charge in [-0.25, -0.2) is 17.5 Å². The van der Waals surface area contributed by atoms with E-state index < -0.39 is 15.8 Å². The summed E-state index contributed by atoms with van der Waals surface area (Å²) >= 11 is 1.55. The van der Waals surface area contributed by atoms with Gasteiger partial charge in [0.2, 0.25) is 10.0 Å². The molecule has 1 atom stereocenters. The molecule has 3 N–H and O–H groups in total. The molecular formula is C13H15FN2O2S2. The molecule has 0 fully saturated rings. The fourth-order valence-corrected chi connectivity index (χ4v) is 3.95. The number of benzene rings is 1. The monoisotopic (exact) mass is 314 g/mol. The molecule has 0 spiro atoms. The molecule has 4 nitrogen and oxygen atoms in total. The standard InChI is InChI=1S/C13H15FN2O2S2/c1-9(7-10-5-6-19-8-10)16-20(17,18)12-4-2-3-11(14)13(12)15/h2-6,8-9,16H,7,15H2,1H3. The van der Waals surface area contributed by atoms with Crippen molar-refractivity contribution in [2.45, 2.75) is 24.3 Å². The average molecular weight is 314 g/mol. The molecule has 108 valence electrons. The molecule has 7 heteroatoms. The van der Waals surface area contributed by atoms with Gasteiger partial charge >= 0.3 is 0 Å². The minimum atomic E-state index is -3.83. The number of halogens is 1. The third-order valence-electron chi connectivity index (χ3n) is 2.78. The Morgan fingerprint density at radius 1 is 1.40 bits per heavy atom. The number of rotatable bonds is 5. The topological polar surface area (TPSA) is 72.2 Å². The number of hydrogen-bond acceptors (Lipinski definition) is 4. The number of anilines is 1. The lowest BCUT2D eigenvalue weighted by Gasteiger charge is -2.15. The third-order valence-corrected chi connectivity index (χ3v) is 5.16. The third kappa shape index (κ3) is 3.36. The summed E-state index contributed by atoms with van der Waals surface area (Å²) in [6, 6.07) is 5.37. The van der Waals surface area contributed by atoms with Gasteiger partial charge < -0.3 is 5.73 Å². The van der Waals surface area contributed by atoms with Crippen LogP contribution in [0.15, 0.2) is 39.9 Å². The van der Waals surface area contributed by atoms with E-state index in [4.69, 9.17) is 5.73 Å². The maximum absolute atomic E-state index is 13.3. The molecule has 0 saturated heterocycles. The summed E-state index contributed by atoms with van der Waals surface area (Å²) in [6.07, 6.45) is 0.567. The van der Waals surface area contributed by atoms with Crippen LogP contribution in [-0.2, 0) is 16.4 Å². The van der Waals surface area contributed by atoms with Crippen LogP contribution >= 0.6 is 11.3 Å². The average Bonchev–Trinajstić information content (AvgIpc) is 2.84. The Morgan fingerprint density at radius 3 is 2.80 bits per heavy atom. The Labute approximate surface area is 121 Å². The van der Waals surface area contributed by atoms with Crippen molar-refractivity contribution in [1.82, 2.24) is 4.72 Å². The molecule has 0 amide bonds. The highest BCUT2D eigenvalue weighted by Crippen LogP contribution is 2.21. The van der Waals surface area contributed by atoms with Gasteiger partial charge in [0.25, 0.3) is 0 Å². The highest BCUT2D eigenvalue weighted by atomic mass is 32.2. The van der Waals surface area contributed by atoms with Crippen molar-refractivity contribution in [3.8, 4) is 0 Å². The number of sulfonamides is 1. The van der Waals surface area contributed by atoms with Crippen molar-refractivity contribution in [2.75, 3.05) is 5.73 Å². The van der Waals surface area contributed by atoms with Crippen LogP contribution < -0.4 is 10.5 Å². The number of nitrogen functional groups attached to an aromatic ring is 1. The summed E-state index contributed by atoms with van der Waals surface area (Å²) in [4.78, 5) is -0.227. The van der Waals surface area contributed by atoms with E-state index in [0.29, 0.717) is 6.42 Å². The van der Waals surface area contributed by atoms with E-state index >= 15 is 0 Å². The van der Waals surface area contributed by atoms with Gasteiger partial charge in [-0.15, -0.1) is 0 Å². The van der Waals surface area contributed by atoms with E-state index in [0.717, 1.165) is 11.6 Å². The summed E-state index contributed by atoms with van der Waals surface area (Å²) in [6.45, 7) is 1.75. The molecule has 1 aromatic carbocycles. The molecule has 20 heavy (non-hydrogen) atoms. The highest BCUT2D eigenvalue weighted by Gasteiger charge is 2.21. The molecule has 0 bridgehead atoms. The Balaban J connectivity index is 2.16. The van der Waals surface area contributed by atoms with Gasteiger partial charge in [-0.1, -0.05) is 6.07 Å². The van der Waals surface area contributed by atoms with Gasteiger partial charge in [-0.05, 0) is 47.9 Å². The van der Waals surface area contributed by atoms with E-state index in [1.165, 1.54) is 12.1 Å². The number of nitrogens with two attached hydrogens (primary N) is 1. The van der Waals surface area contributed by atoms with Crippen molar-refractivity contribution in [3.05, 3.63) is 46.4 Å². The molecule has 1 aromatic heterocycles. The van der Waals surface area contributed by atoms with Crippen molar-refractivity contribution >= 4 is 27.0 Å². The van der Waals surface area contributed by atoms with Crippen LogP contribution in [0.5, 0.6) is 0 Å². The number of para-hydroxylation sites is 1. The van der Waals surface area contributed by atoms with E-state index in [1.54, 1.807) is 18.3 Å². The van der Waals surface area contributed by atoms with Crippen LogP contribution in [0.4, 0.5) is 10.1 Å². The highest BCUT2D eigenvalue weighted by molar-refractivity contribution is 7.89. The number of hydrogen-bond donors (Lipinski definition) is 2. The number of thiophene rings is 1. The first-order chi connectivity index (χ1) is 9.40. The quantitative estimate of drug-likeness (QED) is 0.832. The zero-order valence-electron chi connectivity index (χ0n) is 10.8. The number of nitrogens with one attached hydrogen (secondary N) is 1. The second-order valence-electron chi connectivity index (χ2n) is 4.51. The summed E-state index contributed by atoms with van der Waals surface area (Å²) < 4.78 is 40.2. The maximum Gasteiger partial charge on any atom is 0.242 e. The Kier molecular flexibility index (Phi) is 4.42. The van der Waals surface area contributed by atoms with E-state index in [-0.39, 0.29) is 16.6 Å². The predicted molar refractivity (Wildman–Crippen MR) is 78.6 cm³/mol. The van der Waals surface area contributed by atoms with Crippen LogP contribution in [0.1, 0.15) is 12.5 Å². The van der Waals surface area contributed by atoms with Gasteiger partial charge in [0.05, 0.1) is 5.69 Å². The summed E-state index contributed by atoms with van der Waals surface area (Å²) in [5, 5.41) is 3.89. The smallest absolute Gasteiger partial charge is 0.242 e. The normalized spacial score (nSPS) is 13.3. The lowest BCUT2D eigenvalue weighted by Crippen LogP contribution is -2.34. The van der Waals surface area contributed by atoms with E-state index in [9.17, 15) is 12.8 Å². The molecular weight excluding hydrogens is 299 g/mol. The van der Waals surface area contributed by atoms with E-state index in [2.05, 4.69) is 4.72 Å². The van der Waals surface area contributed by atoms with Crippen LogP contribution in [0, 0.1) is 5.82 Å². The lowest BCUT2D eigenvalue weighted by atomic mass is 10.1. The second-order valence-corrected chi connectivity index (χ2v) is 6.97. The maximum atomic E-state index is 13.3. The zero-order valence-corrected chi connectivity index (χ0v) is 12.5. The fraction of sp³-hybridized carbons (Fsp3) is 0.231. The first kappa shape index (κ1) is 15.0. The minimum Gasteiger partial charge on any atom is -0.395 e. The van der Waals surface area contributed by atoms with Gasteiger partial charge in [-0.3, -0.25) is 0 Å². The van der Waals surface area contributed by atoms with Gasteiger partial charge in [-0.2, -0.15) is 11.3 Å². The molecule has 2 rings (SSSR count). The van der Waals surface area contributed by atoms with E-state index in [1.807, 2.05) is 16.8 Å². The molecule has 0 saturated carbocycles. The first-order valence-electron chi connectivity index (χ1n) is 5.97. The Bertz CT molecular complexity index is 684. The fourth-order valence-electron chi connectivity index (χ4n) is 1.88. The van der Waals surface area contributed by atoms with Crippen molar-refractivity contribution in [2.24, 2.45) is 0 Å². The van der Waals surface area contributed by atoms with Crippen LogP contribution in [0.3, 0.4) is 0 Å². The SMILES string of the molecule is CC(Cc1ccsc1)NS(=O)(=O)c1cccc(F)c1N. The van der Waals surface area contributed by atoms with Crippen molar-refractivity contribution in [3.63, 3.8) is 0 Å². The van der Waals surface area contributed by atoms with Crippen molar-refractivity contribution in [1.29, 1.82) is 0 Å². The molecule has 0 aliphatic carbocycles. The summed E-state index contributed by atoms with van der Waals surface area (Å²) in [5.74, 6) is -0.738. The Morgan fingerprint density at radius 2 is 2.15 bits per heavy atom. The molecule has 2 aromatic rings. The van der Waals surface area contributed by atoms with Crippen molar-refractivity contribution < 1.29 is 12.8 Å². The molecule has 0 aliphatic rings. The summed E-state index contributed by atoms with van der Waals surface area (Å²) in [7, 11) is -3.83. The molecule has 0 aliphatic heterocycles. The molecule has 0 radical (unpaired) electrons. The first-order valence-corrected chi connectivity index (χ1v) is 8.40. The molecule has 1 unspecified atom stereocenters. The van der Waals surface area contributed by atoms with Crippen LogP contribution in [0.2, 0.25) is 0 Å². The van der Waals surface area contributed by atoms with Gasteiger partial charge in [0.15, 0.2) is 0 Å². The van der Waals surface area contributed by atoms with Crippen LogP contribution in [0.25, 0.3) is 0 Å².